The Morgan fingerprint density at radius 3 is 2.53 bits per heavy atom. The lowest BCUT2D eigenvalue weighted by Gasteiger charge is -2.35. The van der Waals surface area contributed by atoms with Crippen molar-refractivity contribution >= 4 is 9.84 Å². The second-order valence-electron chi connectivity index (χ2n) is 5.71. The number of aliphatic hydroxyl groups is 1. The molecule has 0 aromatic heterocycles. The summed E-state index contributed by atoms with van der Waals surface area (Å²) in [5, 5.41) is 12.5. The summed E-state index contributed by atoms with van der Waals surface area (Å²) in [5.74, 6) is 0.587. The van der Waals surface area contributed by atoms with Gasteiger partial charge in [0.2, 0.25) is 0 Å². The van der Waals surface area contributed by atoms with Gasteiger partial charge in [0, 0.05) is 12.3 Å². The molecular weight excluding hydrogens is 238 g/mol. The van der Waals surface area contributed by atoms with Gasteiger partial charge in [-0.3, -0.25) is 0 Å². The molecule has 0 aromatic carbocycles. The van der Waals surface area contributed by atoms with Gasteiger partial charge in [-0.05, 0) is 44.6 Å². The van der Waals surface area contributed by atoms with Crippen LogP contribution < -0.4 is 5.32 Å². The molecule has 2 aliphatic rings. The maximum absolute atomic E-state index is 11.5. The van der Waals surface area contributed by atoms with E-state index in [2.05, 4.69) is 5.32 Å². The van der Waals surface area contributed by atoms with Gasteiger partial charge >= 0.3 is 0 Å². The molecule has 0 bridgehead atoms. The summed E-state index contributed by atoms with van der Waals surface area (Å²) < 4.78 is 23.0. The molecule has 4 nitrogen and oxygen atoms in total. The Morgan fingerprint density at radius 1 is 1.24 bits per heavy atom. The van der Waals surface area contributed by atoms with E-state index >= 15 is 0 Å². The van der Waals surface area contributed by atoms with Crippen LogP contribution in [-0.4, -0.2) is 43.7 Å². The molecule has 0 amide bonds. The Bertz CT molecular complexity index is 349. The first-order valence-electron chi connectivity index (χ1n) is 6.55. The van der Waals surface area contributed by atoms with Crippen LogP contribution in [0.5, 0.6) is 0 Å². The van der Waals surface area contributed by atoms with Crippen molar-refractivity contribution in [1.82, 2.24) is 5.32 Å². The Kier molecular flexibility index (Phi) is 4.10. The molecule has 2 unspecified atom stereocenters. The molecule has 0 saturated heterocycles. The van der Waals surface area contributed by atoms with Crippen LogP contribution in [0.1, 0.15) is 38.5 Å². The summed E-state index contributed by atoms with van der Waals surface area (Å²) in [4.78, 5) is 0. The predicted octanol–water partition coefficient (Wildman–Crippen LogP) is 0.703. The van der Waals surface area contributed by atoms with Gasteiger partial charge in [0.1, 0.15) is 9.84 Å². The van der Waals surface area contributed by atoms with Gasteiger partial charge in [-0.15, -0.1) is 0 Å². The van der Waals surface area contributed by atoms with Crippen molar-refractivity contribution in [2.24, 2.45) is 5.92 Å². The highest BCUT2D eigenvalue weighted by atomic mass is 32.2. The van der Waals surface area contributed by atoms with Gasteiger partial charge in [0.15, 0.2) is 0 Å². The van der Waals surface area contributed by atoms with Crippen molar-refractivity contribution < 1.29 is 13.5 Å². The minimum Gasteiger partial charge on any atom is -0.393 e. The number of nitrogens with one attached hydrogen (secondary N) is 1. The van der Waals surface area contributed by atoms with Crippen molar-refractivity contribution in [3.05, 3.63) is 0 Å². The molecule has 5 heteroatoms. The minimum absolute atomic E-state index is 0.100. The molecule has 2 N–H and O–H groups in total. The van der Waals surface area contributed by atoms with E-state index < -0.39 is 9.84 Å². The molecule has 2 fully saturated rings. The lowest BCUT2D eigenvalue weighted by atomic mass is 9.82. The normalized spacial score (nSPS) is 38.7. The largest absolute Gasteiger partial charge is 0.393 e. The zero-order valence-electron chi connectivity index (χ0n) is 10.4. The standard InChI is InChI=1S/C12H23NO3S/c1-17(15,16)12-4-2-3-10(7-12)13-8-9-5-11(14)6-9/h9-14H,2-8H2,1H3. The van der Waals surface area contributed by atoms with Crippen LogP contribution in [0.25, 0.3) is 0 Å². The fourth-order valence-electron chi connectivity index (χ4n) is 2.92. The van der Waals surface area contributed by atoms with Crippen LogP contribution >= 0.6 is 0 Å². The highest BCUT2D eigenvalue weighted by Crippen LogP contribution is 2.28. The van der Waals surface area contributed by atoms with E-state index in [0.29, 0.717) is 12.0 Å². The molecule has 2 aliphatic carbocycles. The van der Waals surface area contributed by atoms with Crippen molar-refractivity contribution in [1.29, 1.82) is 0 Å². The van der Waals surface area contributed by atoms with E-state index in [4.69, 9.17) is 0 Å². The van der Waals surface area contributed by atoms with Gasteiger partial charge in [-0.25, -0.2) is 8.42 Å². The van der Waals surface area contributed by atoms with E-state index in [0.717, 1.165) is 45.1 Å². The average Bonchev–Trinajstić information content (AvgIpc) is 2.22. The smallest absolute Gasteiger partial charge is 0.150 e. The maximum atomic E-state index is 11.5. The SMILES string of the molecule is CS(=O)(=O)C1CCCC(NCC2CC(O)C2)C1. The fourth-order valence-corrected chi connectivity index (χ4v) is 4.10. The van der Waals surface area contributed by atoms with Gasteiger partial charge in [-0.1, -0.05) is 6.42 Å². The quantitative estimate of drug-likeness (QED) is 0.782. The van der Waals surface area contributed by atoms with Gasteiger partial charge in [-0.2, -0.15) is 0 Å². The van der Waals surface area contributed by atoms with Gasteiger partial charge in [0.25, 0.3) is 0 Å². The van der Waals surface area contributed by atoms with Crippen LogP contribution in [0.2, 0.25) is 0 Å². The third-order valence-electron chi connectivity index (χ3n) is 4.14. The summed E-state index contributed by atoms with van der Waals surface area (Å²) in [5.41, 5.74) is 0. The highest BCUT2D eigenvalue weighted by Gasteiger charge is 2.31. The predicted molar refractivity (Wildman–Crippen MR) is 67.6 cm³/mol. The van der Waals surface area contributed by atoms with Crippen LogP contribution in [-0.2, 0) is 9.84 Å². The Hall–Kier alpha value is -0.130. The average molecular weight is 261 g/mol. The van der Waals surface area contributed by atoms with Gasteiger partial charge < -0.3 is 10.4 Å². The number of rotatable bonds is 4. The molecule has 0 aliphatic heterocycles. The van der Waals surface area contributed by atoms with Crippen molar-refractivity contribution in [2.75, 3.05) is 12.8 Å². The summed E-state index contributed by atoms with van der Waals surface area (Å²) in [7, 11) is -2.88. The lowest BCUT2D eigenvalue weighted by molar-refractivity contribution is 0.0413. The molecule has 0 spiro atoms. The summed E-state index contributed by atoms with van der Waals surface area (Å²) >= 11 is 0. The molecule has 2 atom stereocenters. The van der Waals surface area contributed by atoms with Crippen LogP contribution in [0.3, 0.4) is 0 Å². The van der Waals surface area contributed by atoms with Gasteiger partial charge in [0.05, 0.1) is 11.4 Å². The second-order valence-corrected chi connectivity index (χ2v) is 8.04. The molecule has 2 saturated carbocycles. The van der Waals surface area contributed by atoms with Crippen LogP contribution in [0, 0.1) is 5.92 Å². The third kappa shape index (κ3) is 3.66. The minimum atomic E-state index is -2.88. The zero-order chi connectivity index (χ0) is 12.5. The molecular formula is C12H23NO3S. The van der Waals surface area contributed by atoms with E-state index in [9.17, 15) is 13.5 Å². The first kappa shape index (κ1) is 13.3. The molecule has 0 aromatic rings. The first-order chi connectivity index (χ1) is 7.95. The van der Waals surface area contributed by atoms with Crippen LogP contribution in [0.15, 0.2) is 0 Å². The highest BCUT2D eigenvalue weighted by molar-refractivity contribution is 7.91. The van der Waals surface area contributed by atoms with E-state index in [1.165, 1.54) is 6.26 Å². The van der Waals surface area contributed by atoms with Crippen molar-refractivity contribution in [3.8, 4) is 0 Å². The molecule has 2 rings (SSSR count). The summed E-state index contributed by atoms with van der Waals surface area (Å²) in [6.07, 6.45) is 6.71. The third-order valence-corrected chi connectivity index (χ3v) is 5.78. The van der Waals surface area contributed by atoms with E-state index in [-0.39, 0.29) is 11.4 Å². The zero-order valence-corrected chi connectivity index (χ0v) is 11.2. The summed E-state index contributed by atoms with van der Waals surface area (Å²) in [6.45, 7) is 0.929. The Balaban J connectivity index is 1.74. The van der Waals surface area contributed by atoms with E-state index in [1.54, 1.807) is 0 Å². The van der Waals surface area contributed by atoms with Crippen molar-refractivity contribution in [2.45, 2.75) is 55.9 Å². The second kappa shape index (κ2) is 5.24. The number of sulfone groups is 1. The van der Waals surface area contributed by atoms with E-state index in [1.807, 2.05) is 0 Å². The Labute approximate surface area is 104 Å². The molecule has 0 heterocycles. The number of hydrogen-bond acceptors (Lipinski definition) is 4. The van der Waals surface area contributed by atoms with Crippen molar-refractivity contribution in [3.63, 3.8) is 0 Å². The summed E-state index contributed by atoms with van der Waals surface area (Å²) in [6, 6.07) is 0.348. The monoisotopic (exact) mass is 261 g/mol. The lowest BCUT2D eigenvalue weighted by Crippen LogP contribution is -2.43. The maximum Gasteiger partial charge on any atom is 0.150 e. The fraction of sp³-hybridized carbons (Fsp3) is 1.00. The molecule has 17 heavy (non-hydrogen) atoms. The Morgan fingerprint density at radius 2 is 1.94 bits per heavy atom. The van der Waals surface area contributed by atoms with Crippen LogP contribution in [0.4, 0.5) is 0 Å². The molecule has 0 radical (unpaired) electrons. The topological polar surface area (TPSA) is 66.4 Å². The molecule has 100 valence electrons. The number of hydrogen-bond donors (Lipinski definition) is 2. The number of aliphatic hydroxyl groups excluding tert-OH is 1. The first-order valence-corrected chi connectivity index (χ1v) is 8.51.